The molecule has 1 aliphatic rings. The first-order chi connectivity index (χ1) is 17.8. The molecule has 0 saturated heterocycles. The van der Waals surface area contributed by atoms with Gasteiger partial charge in [-0.25, -0.2) is 4.68 Å². The van der Waals surface area contributed by atoms with E-state index in [4.69, 9.17) is 9.11 Å². The van der Waals surface area contributed by atoms with Crippen molar-refractivity contribution in [3.05, 3.63) is 93.6 Å². The number of hydrazone groups is 1. The minimum Gasteiger partial charge on any atom is -0.295 e. The first-order valence-electron chi connectivity index (χ1n) is 10.8. The smallest absolute Gasteiger partial charge is 0.294 e. The minimum absolute atomic E-state index is 0.256. The van der Waals surface area contributed by atoms with E-state index in [9.17, 15) is 26.4 Å². The summed E-state index contributed by atoms with van der Waals surface area (Å²) in [5.41, 5.74) is 4.51. The SMILES string of the molecule is CC1=NN(c2ccc(S(=O)(=O)O)cc2)C(=O)/C1=C\C=C=Cc1c(C)[nH]n(-c2ccc(S(=O)(=O)O)cc2)c1=O. The average Bonchev–Trinajstić information content (AvgIpc) is 3.30. The number of carbonyl (C=O) groups is 1. The average molecular weight is 557 g/mol. The summed E-state index contributed by atoms with van der Waals surface area (Å²) in [4.78, 5) is 25.0. The highest BCUT2D eigenvalue weighted by Gasteiger charge is 2.28. The van der Waals surface area contributed by atoms with Crippen molar-refractivity contribution in [1.82, 2.24) is 9.78 Å². The van der Waals surface area contributed by atoms with E-state index in [1.807, 2.05) is 0 Å². The molecule has 14 heteroatoms. The third-order valence-electron chi connectivity index (χ3n) is 5.53. The molecule has 0 saturated carbocycles. The first kappa shape index (κ1) is 26.7. The standard InChI is InChI=1S/C24H20N4O8S2/c1-15-21(23(29)27(25-15)17-7-11-19(12-8-17)37(31,32)33)5-3-4-6-22-16(2)26-28(24(22)30)18-9-13-20(14-10-18)38(34,35)36/h3,5-14,26H,1-2H3,(H,31,32,33)(H,34,35,36)/b21-5-. The van der Waals surface area contributed by atoms with Crippen LogP contribution >= 0.6 is 0 Å². The van der Waals surface area contributed by atoms with Crippen molar-refractivity contribution in [2.24, 2.45) is 5.10 Å². The van der Waals surface area contributed by atoms with Crippen molar-refractivity contribution in [2.45, 2.75) is 23.6 Å². The van der Waals surface area contributed by atoms with Gasteiger partial charge >= 0.3 is 0 Å². The summed E-state index contributed by atoms with van der Waals surface area (Å²) >= 11 is 0. The Balaban J connectivity index is 1.56. The lowest BCUT2D eigenvalue weighted by Gasteiger charge is -2.11. The van der Waals surface area contributed by atoms with Crippen LogP contribution in [-0.2, 0) is 25.0 Å². The molecule has 0 bridgehead atoms. The third-order valence-corrected chi connectivity index (χ3v) is 7.26. The van der Waals surface area contributed by atoms with Crippen LogP contribution in [0.1, 0.15) is 18.2 Å². The van der Waals surface area contributed by atoms with Crippen LogP contribution in [0.3, 0.4) is 0 Å². The van der Waals surface area contributed by atoms with E-state index in [-0.39, 0.29) is 20.9 Å². The summed E-state index contributed by atoms with van der Waals surface area (Å²) in [6, 6.07) is 10.1. The van der Waals surface area contributed by atoms with Crippen LogP contribution < -0.4 is 10.6 Å². The summed E-state index contributed by atoms with van der Waals surface area (Å²) in [5.74, 6) is -0.464. The third kappa shape index (κ3) is 5.34. The maximum absolute atomic E-state index is 12.8. The molecular weight excluding hydrogens is 536 g/mol. The van der Waals surface area contributed by atoms with Crippen molar-refractivity contribution in [1.29, 1.82) is 0 Å². The zero-order valence-electron chi connectivity index (χ0n) is 19.9. The van der Waals surface area contributed by atoms with E-state index >= 15 is 0 Å². The van der Waals surface area contributed by atoms with Gasteiger partial charge in [0.05, 0.1) is 38.0 Å². The van der Waals surface area contributed by atoms with E-state index in [1.54, 1.807) is 13.8 Å². The zero-order valence-corrected chi connectivity index (χ0v) is 21.5. The number of aryl methyl sites for hydroxylation is 1. The normalized spacial score (nSPS) is 14.9. The maximum Gasteiger partial charge on any atom is 0.294 e. The van der Waals surface area contributed by atoms with Crippen LogP contribution in [0.15, 0.2) is 91.7 Å². The zero-order chi connectivity index (χ0) is 27.8. The number of benzene rings is 2. The van der Waals surface area contributed by atoms with Crippen molar-refractivity contribution < 1.29 is 30.7 Å². The Morgan fingerprint density at radius 1 is 0.868 bits per heavy atom. The Morgan fingerprint density at radius 2 is 1.39 bits per heavy atom. The lowest BCUT2D eigenvalue weighted by molar-refractivity contribution is -0.114. The minimum atomic E-state index is -4.37. The fourth-order valence-corrected chi connectivity index (χ4v) is 4.55. The van der Waals surface area contributed by atoms with Gasteiger partial charge in [0.25, 0.3) is 31.7 Å². The summed E-state index contributed by atoms with van der Waals surface area (Å²) < 4.78 is 64.3. The lowest BCUT2D eigenvalue weighted by Crippen LogP contribution is -2.21. The number of anilines is 1. The molecule has 0 fully saturated rings. The molecule has 0 spiro atoms. The Hall–Kier alpha value is -4.33. The van der Waals surface area contributed by atoms with Crippen LogP contribution in [0.4, 0.5) is 5.69 Å². The van der Waals surface area contributed by atoms with Gasteiger partial charge in [-0.05, 0) is 80.6 Å². The number of nitrogens with one attached hydrogen (secondary N) is 1. The Bertz CT molecular complexity index is 1840. The highest BCUT2D eigenvalue weighted by Crippen LogP contribution is 2.25. The molecular formula is C24H20N4O8S2. The number of amides is 1. The van der Waals surface area contributed by atoms with Crippen LogP contribution in [0, 0.1) is 6.92 Å². The van der Waals surface area contributed by atoms with Gasteiger partial charge in [-0.3, -0.25) is 23.8 Å². The summed E-state index contributed by atoms with van der Waals surface area (Å²) in [6.45, 7) is 3.29. The fraction of sp³-hybridized carbons (Fsp3) is 0.0833. The molecule has 38 heavy (non-hydrogen) atoms. The molecule has 0 atom stereocenters. The Morgan fingerprint density at radius 3 is 1.92 bits per heavy atom. The van der Waals surface area contributed by atoms with Gasteiger partial charge in [0, 0.05) is 5.69 Å². The number of hydrogen-bond donors (Lipinski definition) is 3. The van der Waals surface area contributed by atoms with Crippen LogP contribution in [0.25, 0.3) is 11.8 Å². The number of allylic oxidation sites excluding steroid dienone is 2. The van der Waals surface area contributed by atoms with Gasteiger partial charge < -0.3 is 0 Å². The van der Waals surface area contributed by atoms with E-state index in [0.717, 1.165) is 17.1 Å². The molecule has 1 amide bonds. The van der Waals surface area contributed by atoms with Crippen LogP contribution in [0.2, 0.25) is 0 Å². The van der Waals surface area contributed by atoms with Crippen molar-refractivity contribution in [3.63, 3.8) is 0 Å². The molecule has 2 heterocycles. The van der Waals surface area contributed by atoms with Gasteiger partial charge in [0.2, 0.25) is 0 Å². The van der Waals surface area contributed by atoms with E-state index in [1.165, 1.54) is 59.3 Å². The van der Waals surface area contributed by atoms with Crippen molar-refractivity contribution >= 4 is 43.6 Å². The molecule has 1 aliphatic heterocycles. The molecule has 0 unspecified atom stereocenters. The second kappa shape index (κ2) is 9.85. The number of rotatable bonds is 6. The maximum atomic E-state index is 12.8. The molecule has 0 radical (unpaired) electrons. The molecule has 2 aromatic carbocycles. The van der Waals surface area contributed by atoms with Crippen LogP contribution in [0.5, 0.6) is 0 Å². The highest BCUT2D eigenvalue weighted by atomic mass is 32.2. The molecule has 12 nitrogen and oxygen atoms in total. The van der Waals surface area contributed by atoms with Crippen LogP contribution in [-0.4, -0.2) is 47.3 Å². The Kier molecular flexibility index (Phi) is 6.93. The number of aromatic amines is 1. The predicted octanol–water partition coefficient (Wildman–Crippen LogP) is 2.48. The van der Waals surface area contributed by atoms with E-state index < -0.39 is 31.7 Å². The number of carbonyl (C=O) groups excluding carboxylic acids is 1. The summed E-state index contributed by atoms with van der Waals surface area (Å²) in [6.07, 6.45) is 4.33. The monoisotopic (exact) mass is 556 g/mol. The largest absolute Gasteiger partial charge is 0.295 e. The topological polar surface area (TPSA) is 179 Å². The molecule has 4 rings (SSSR count). The highest BCUT2D eigenvalue weighted by molar-refractivity contribution is 7.86. The first-order valence-corrected chi connectivity index (χ1v) is 13.7. The molecule has 196 valence electrons. The molecule has 1 aromatic heterocycles. The second-order valence-electron chi connectivity index (χ2n) is 8.09. The summed E-state index contributed by atoms with van der Waals surface area (Å²) in [5, 5.41) is 8.16. The molecule has 0 aliphatic carbocycles. The van der Waals surface area contributed by atoms with E-state index in [2.05, 4.69) is 15.9 Å². The van der Waals surface area contributed by atoms with Gasteiger partial charge in [0.1, 0.15) is 0 Å². The van der Waals surface area contributed by atoms with Gasteiger partial charge in [-0.1, -0.05) is 0 Å². The van der Waals surface area contributed by atoms with Gasteiger partial charge in [-0.15, -0.1) is 5.73 Å². The van der Waals surface area contributed by atoms with Gasteiger partial charge in [0.15, 0.2) is 0 Å². The number of aromatic nitrogens is 2. The number of H-pyrrole nitrogens is 1. The van der Waals surface area contributed by atoms with Crippen molar-refractivity contribution in [3.8, 4) is 5.69 Å². The van der Waals surface area contributed by atoms with Gasteiger partial charge in [-0.2, -0.15) is 26.9 Å². The fourth-order valence-electron chi connectivity index (χ4n) is 3.59. The second-order valence-corrected chi connectivity index (χ2v) is 10.9. The van der Waals surface area contributed by atoms with E-state index in [0.29, 0.717) is 22.8 Å². The lowest BCUT2D eigenvalue weighted by atomic mass is 10.1. The molecule has 3 N–H and O–H groups in total. The quantitative estimate of drug-likeness (QED) is 0.235. The number of nitrogens with zero attached hydrogens (tertiary/aromatic N) is 3. The molecule has 3 aromatic rings. The Labute approximate surface area is 217 Å². The predicted molar refractivity (Wildman–Crippen MR) is 138 cm³/mol. The summed E-state index contributed by atoms with van der Waals surface area (Å²) in [7, 11) is -8.73. The number of hydrogen-bond acceptors (Lipinski definition) is 7. The van der Waals surface area contributed by atoms with Crippen molar-refractivity contribution in [2.75, 3.05) is 5.01 Å².